The maximum absolute atomic E-state index is 13.0. The Morgan fingerprint density at radius 2 is 2.10 bits per heavy atom. The summed E-state index contributed by atoms with van der Waals surface area (Å²) in [7, 11) is 0. The lowest BCUT2D eigenvalue weighted by Gasteiger charge is -2.06. The fourth-order valence-corrected chi connectivity index (χ4v) is 1.93. The van der Waals surface area contributed by atoms with Crippen LogP contribution in [-0.2, 0) is 13.0 Å². The van der Waals surface area contributed by atoms with Gasteiger partial charge >= 0.3 is 6.01 Å². The van der Waals surface area contributed by atoms with Gasteiger partial charge in [-0.05, 0) is 36.6 Å². The van der Waals surface area contributed by atoms with Crippen LogP contribution in [-0.4, -0.2) is 22.8 Å². The largest absolute Gasteiger partial charge is 0.407 e. The smallest absolute Gasteiger partial charge is 0.315 e. The second-order valence-corrected chi connectivity index (χ2v) is 5.28. The fourth-order valence-electron chi connectivity index (χ4n) is 1.93. The van der Waals surface area contributed by atoms with Crippen molar-refractivity contribution in [2.45, 2.75) is 39.8 Å². The number of anilines is 1. The average Bonchev–Trinajstić information content (AvgIpc) is 2.87. The molecule has 2 aromatic rings. The predicted molar refractivity (Wildman–Crippen MR) is 79.6 cm³/mol. The van der Waals surface area contributed by atoms with Gasteiger partial charge in [0.25, 0.3) is 0 Å². The summed E-state index contributed by atoms with van der Waals surface area (Å²) >= 11 is 0. The number of rotatable bonds is 7. The van der Waals surface area contributed by atoms with Gasteiger partial charge in [-0.1, -0.05) is 25.0 Å². The normalized spacial score (nSPS) is 11.1. The minimum Gasteiger partial charge on any atom is -0.407 e. The third kappa shape index (κ3) is 4.82. The van der Waals surface area contributed by atoms with Crippen molar-refractivity contribution in [1.82, 2.24) is 15.5 Å². The monoisotopic (exact) mass is 292 g/mol. The highest BCUT2D eigenvalue weighted by Gasteiger charge is 2.06. The minimum atomic E-state index is -0.205. The Kier molecular flexibility index (Phi) is 5.27. The molecule has 0 aliphatic carbocycles. The molecule has 5 nitrogen and oxygen atoms in total. The minimum absolute atomic E-state index is 0.205. The van der Waals surface area contributed by atoms with Gasteiger partial charge in [-0.25, -0.2) is 4.39 Å². The Bertz CT molecular complexity index is 583. The van der Waals surface area contributed by atoms with Crippen LogP contribution in [0.5, 0.6) is 0 Å². The molecule has 21 heavy (non-hydrogen) atoms. The summed E-state index contributed by atoms with van der Waals surface area (Å²) in [6, 6.07) is 5.60. The number of hydrogen-bond donors (Lipinski definition) is 2. The van der Waals surface area contributed by atoms with Crippen molar-refractivity contribution in [3.63, 3.8) is 0 Å². The highest BCUT2D eigenvalue weighted by atomic mass is 19.1. The number of halogens is 1. The number of aryl methyl sites for hydroxylation is 1. The Balaban J connectivity index is 1.80. The van der Waals surface area contributed by atoms with Crippen molar-refractivity contribution in [2.75, 3.05) is 11.9 Å². The molecule has 2 rings (SSSR count). The van der Waals surface area contributed by atoms with E-state index in [2.05, 4.69) is 34.7 Å². The molecule has 0 atom stereocenters. The third-order valence-electron chi connectivity index (χ3n) is 3.10. The van der Waals surface area contributed by atoms with Crippen LogP contribution in [0.4, 0.5) is 10.4 Å². The van der Waals surface area contributed by atoms with Gasteiger partial charge in [-0.2, -0.15) is 0 Å². The molecule has 1 heterocycles. The number of nitrogens with zero attached hydrogens (tertiary/aromatic N) is 2. The molecule has 0 aliphatic heterocycles. The van der Waals surface area contributed by atoms with Crippen LogP contribution in [0.15, 0.2) is 22.6 Å². The van der Waals surface area contributed by atoms with E-state index in [1.165, 1.54) is 12.1 Å². The molecular formula is C15H21FN4O. The van der Waals surface area contributed by atoms with E-state index in [-0.39, 0.29) is 5.82 Å². The van der Waals surface area contributed by atoms with Crippen molar-refractivity contribution < 1.29 is 8.81 Å². The van der Waals surface area contributed by atoms with E-state index in [0.29, 0.717) is 31.0 Å². The van der Waals surface area contributed by atoms with Gasteiger partial charge in [0, 0.05) is 12.6 Å². The standard InChI is InChI=1S/C15H21FN4O/c1-10(2)18-9-14-19-20-15(21-14)17-7-6-12-4-5-13(16)8-11(12)3/h4-5,8,10,18H,6-7,9H2,1-3H3,(H,17,20). The van der Waals surface area contributed by atoms with Crippen LogP contribution in [0, 0.1) is 12.7 Å². The highest BCUT2D eigenvalue weighted by Crippen LogP contribution is 2.11. The Hall–Kier alpha value is -1.95. The topological polar surface area (TPSA) is 63.0 Å². The molecule has 0 radical (unpaired) electrons. The van der Waals surface area contributed by atoms with Gasteiger partial charge in [-0.3, -0.25) is 0 Å². The quantitative estimate of drug-likeness (QED) is 0.821. The van der Waals surface area contributed by atoms with Gasteiger partial charge in [-0.15, -0.1) is 5.10 Å². The summed E-state index contributed by atoms with van der Waals surface area (Å²) in [4.78, 5) is 0. The number of hydrogen-bond acceptors (Lipinski definition) is 5. The molecule has 1 aromatic carbocycles. The summed E-state index contributed by atoms with van der Waals surface area (Å²) in [5.41, 5.74) is 2.05. The molecule has 0 aliphatic rings. The van der Waals surface area contributed by atoms with Crippen molar-refractivity contribution in [1.29, 1.82) is 0 Å². The zero-order chi connectivity index (χ0) is 15.2. The van der Waals surface area contributed by atoms with Crippen LogP contribution in [0.1, 0.15) is 30.9 Å². The molecule has 0 fully saturated rings. The first-order valence-electron chi connectivity index (χ1n) is 7.09. The molecule has 6 heteroatoms. The van der Waals surface area contributed by atoms with Crippen molar-refractivity contribution >= 4 is 6.01 Å². The number of benzene rings is 1. The first kappa shape index (κ1) is 15.4. The molecular weight excluding hydrogens is 271 g/mol. The second-order valence-electron chi connectivity index (χ2n) is 5.28. The van der Waals surface area contributed by atoms with Crippen LogP contribution in [0.25, 0.3) is 0 Å². The van der Waals surface area contributed by atoms with Gasteiger partial charge in [0.1, 0.15) is 5.82 Å². The maximum atomic E-state index is 13.0. The lowest BCUT2D eigenvalue weighted by molar-refractivity contribution is 0.458. The predicted octanol–water partition coefficient (Wildman–Crippen LogP) is 2.67. The van der Waals surface area contributed by atoms with Crippen molar-refractivity contribution in [3.05, 3.63) is 41.0 Å². The molecule has 0 saturated carbocycles. The van der Waals surface area contributed by atoms with E-state index in [1.807, 2.05) is 6.92 Å². The summed E-state index contributed by atoms with van der Waals surface area (Å²) in [6.07, 6.45) is 0.772. The average molecular weight is 292 g/mol. The SMILES string of the molecule is Cc1cc(F)ccc1CCNc1nnc(CNC(C)C)o1. The van der Waals surface area contributed by atoms with Crippen LogP contribution in [0.2, 0.25) is 0 Å². The summed E-state index contributed by atoms with van der Waals surface area (Å²) in [6.45, 7) is 7.23. The van der Waals surface area contributed by atoms with E-state index in [9.17, 15) is 4.39 Å². The van der Waals surface area contributed by atoms with E-state index >= 15 is 0 Å². The van der Waals surface area contributed by atoms with Gasteiger partial charge in [0.05, 0.1) is 6.54 Å². The van der Waals surface area contributed by atoms with E-state index in [0.717, 1.165) is 17.5 Å². The van der Waals surface area contributed by atoms with E-state index < -0.39 is 0 Å². The molecule has 0 amide bonds. The van der Waals surface area contributed by atoms with Gasteiger partial charge < -0.3 is 15.1 Å². The Morgan fingerprint density at radius 3 is 2.81 bits per heavy atom. The van der Waals surface area contributed by atoms with E-state index in [1.54, 1.807) is 6.07 Å². The highest BCUT2D eigenvalue weighted by molar-refractivity contribution is 5.28. The fraction of sp³-hybridized carbons (Fsp3) is 0.467. The summed E-state index contributed by atoms with van der Waals surface area (Å²) in [5, 5.41) is 14.2. The first-order chi connectivity index (χ1) is 10.0. The molecule has 0 bridgehead atoms. The molecule has 0 saturated heterocycles. The second kappa shape index (κ2) is 7.17. The van der Waals surface area contributed by atoms with E-state index in [4.69, 9.17) is 4.42 Å². The number of nitrogens with one attached hydrogen (secondary N) is 2. The first-order valence-corrected chi connectivity index (χ1v) is 7.09. The van der Waals surface area contributed by atoms with Gasteiger partial charge in [0.15, 0.2) is 0 Å². The lowest BCUT2D eigenvalue weighted by atomic mass is 10.1. The Labute approximate surface area is 124 Å². The van der Waals surface area contributed by atoms with Gasteiger partial charge in [0.2, 0.25) is 5.89 Å². The van der Waals surface area contributed by atoms with Crippen molar-refractivity contribution in [3.8, 4) is 0 Å². The van der Waals surface area contributed by atoms with Crippen LogP contribution in [0.3, 0.4) is 0 Å². The molecule has 0 spiro atoms. The molecule has 2 N–H and O–H groups in total. The maximum Gasteiger partial charge on any atom is 0.315 e. The van der Waals surface area contributed by atoms with Crippen LogP contribution < -0.4 is 10.6 Å². The summed E-state index contributed by atoms with van der Waals surface area (Å²) < 4.78 is 18.5. The van der Waals surface area contributed by atoms with Crippen LogP contribution >= 0.6 is 0 Å². The third-order valence-corrected chi connectivity index (χ3v) is 3.10. The number of aromatic nitrogens is 2. The Morgan fingerprint density at radius 1 is 1.29 bits per heavy atom. The zero-order valence-corrected chi connectivity index (χ0v) is 12.6. The summed E-state index contributed by atoms with van der Waals surface area (Å²) in [5.74, 6) is 0.354. The lowest BCUT2D eigenvalue weighted by Crippen LogP contribution is -2.21. The van der Waals surface area contributed by atoms with Crippen molar-refractivity contribution in [2.24, 2.45) is 0 Å². The molecule has 114 valence electrons. The molecule has 0 unspecified atom stereocenters. The molecule has 1 aromatic heterocycles. The zero-order valence-electron chi connectivity index (χ0n) is 12.6.